The van der Waals surface area contributed by atoms with E-state index in [1.807, 2.05) is 0 Å². The smallest absolute Gasteiger partial charge is 0.205 e. The lowest BCUT2D eigenvalue weighted by molar-refractivity contribution is 0.0352. The minimum absolute atomic E-state index is 0.310. The van der Waals surface area contributed by atoms with E-state index in [2.05, 4.69) is 41.4 Å². The van der Waals surface area contributed by atoms with Gasteiger partial charge in [-0.3, -0.25) is 15.3 Å². The Bertz CT molecular complexity index is 251. The molecule has 0 saturated carbocycles. The fraction of sp³-hybridized carbons (Fsp3) is 0.917. The number of ether oxygens (including phenoxy) is 1. The van der Waals surface area contributed by atoms with Gasteiger partial charge in [-0.15, -0.1) is 0 Å². The first-order chi connectivity index (χ1) is 8.61. The fourth-order valence-corrected chi connectivity index (χ4v) is 1.86. The Hall–Kier alpha value is -0.850. The summed E-state index contributed by atoms with van der Waals surface area (Å²) in [7, 11) is 0. The van der Waals surface area contributed by atoms with Crippen molar-refractivity contribution in [2.24, 2.45) is 16.8 Å². The maximum Gasteiger partial charge on any atom is 0.205 e. The van der Waals surface area contributed by atoms with Crippen molar-refractivity contribution in [3.63, 3.8) is 0 Å². The molecule has 0 radical (unpaired) electrons. The molecular weight excluding hydrogens is 230 g/mol. The van der Waals surface area contributed by atoms with Crippen LogP contribution in [0.2, 0.25) is 0 Å². The SMILES string of the molecule is CC(C)CN=C(NN)NC(C)CN1CCOCC1. The first kappa shape index (κ1) is 15.2. The monoisotopic (exact) mass is 257 g/mol. The zero-order valence-corrected chi connectivity index (χ0v) is 11.8. The van der Waals surface area contributed by atoms with Gasteiger partial charge in [-0.05, 0) is 12.8 Å². The maximum absolute atomic E-state index is 5.46. The normalized spacial score (nSPS) is 19.9. The van der Waals surface area contributed by atoms with E-state index in [1.165, 1.54) is 0 Å². The van der Waals surface area contributed by atoms with Gasteiger partial charge >= 0.3 is 0 Å². The molecule has 0 aromatic carbocycles. The van der Waals surface area contributed by atoms with Crippen LogP contribution >= 0.6 is 0 Å². The standard InChI is InChI=1S/C12H27N5O/c1-10(2)8-14-12(16-13)15-11(3)9-17-4-6-18-7-5-17/h10-11H,4-9,13H2,1-3H3,(H2,14,15,16). The van der Waals surface area contributed by atoms with E-state index < -0.39 is 0 Å². The highest BCUT2D eigenvalue weighted by molar-refractivity contribution is 5.79. The van der Waals surface area contributed by atoms with Crippen molar-refractivity contribution in [3.8, 4) is 0 Å². The number of hydrazine groups is 1. The van der Waals surface area contributed by atoms with Gasteiger partial charge in [0.05, 0.1) is 13.2 Å². The van der Waals surface area contributed by atoms with Crippen molar-refractivity contribution in [3.05, 3.63) is 0 Å². The van der Waals surface area contributed by atoms with E-state index in [0.29, 0.717) is 17.9 Å². The zero-order chi connectivity index (χ0) is 13.4. The van der Waals surface area contributed by atoms with Crippen molar-refractivity contribution < 1.29 is 4.74 Å². The molecule has 0 aliphatic carbocycles. The first-order valence-corrected chi connectivity index (χ1v) is 6.69. The van der Waals surface area contributed by atoms with Crippen molar-refractivity contribution >= 4 is 5.96 Å². The van der Waals surface area contributed by atoms with Crippen LogP contribution in [0.15, 0.2) is 4.99 Å². The topological polar surface area (TPSA) is 74.9 Å². The molecule has 0 aromatic rings. The van der Waals surface area contributed by atoms with Gasteiger partial charge in [0.25, 0.3) is 0 Å². The van der Waals surface area contributed by atoms with Gasteiger partial charge in [0.15, 0.2) is 0 Å². The van der Waals surface area contributed by atoms with Crippen LogP contribution in [0.5, 0.6) is 0 Å². The highest BCUT2D eigenvalue weighted by Gasteiger charge is 2.14. The van der Waals surface area contributed by atoms with Crippen molar-refractivity contribution in [1.29, 1.82) is 0 Å². The molecular formula is C12H27N5O. The molecule has 18 heavy (non-hydrogen) atoms. The predicted octanol–water partition coefficient (Wildman–Crippen LogP) is -0.228. The summed E-state index contributed by atoms with van der Waals surface area (Å²) in [6.45, 7) is 11.8. The molecule has 0 spiro atoms. The Labute approximate surface area is 110 Å². The van der Waals surface area contributed by atoms with Gasteiger partial charge in [0.2, 0.25) is 5.96 Å². The molecule has 1 saturated heterocycles. The number of rotatable bonds is 5. The van der Waals surface area contributed by atoms with Gasteiger partial charge in [0.1, 0.15) is 0 Å². The quantitative estimate of drug-likeness (QED) is 0.275. The second-order valence-corrected chi connectivity index (χ2v) is 5.19. The van der Waals surface area contributed by atoms with Crippen LogP contribution in [0.1, 0.15) is 20.8 Å². The average molecular weight is 257 g/mol. The number of nitrogens with zero attached hydrogens (tertiary/aromatic N) is 2. The summed E-state index contributed by atoms with van der Waals surface area (Å²) in [4.78, 5) is 6.79. The van der Waals surface area contributed by atoms with E-state index in [4.69, 9.17) is 10.6 Å². The summed E-state index contributed by atoms with van der Waals surface area (Å²) in [5, 5.41) is 3.30. The number of nitrogens with one attached hydrogen (secondary N) is 2. The summed E-state index contributed by atoms with van der Waals surface area (Å²) in [5.41, 5.74) is 2.62. The Morgan fingerprint density at radius 1 is 1.33 bits per heavy atom. The maximum atomic E-state index is 5.46. The van der Waals surface area contributed by atoms with Crippen LogP contribution < -0.4 is 16.6 Å². The van der Waals surface area contributed by atoms with Gasteiger partial charge in [-0.25, -0.2) is 5.84 Å². The molecule has 1 unspecified atom stereocenters. The molecule has 6 nitrogen and oxygen atoms in total. The van der Waals surface area contributed by atoms with E-state index in [0.717, 1.165) is 39.4 Å². The molecule has 1 fully saturated rings. The van der Waals surface area contributed by atoms with Gasteiger partial charge in [-0.1, -0.05) is 13.8 Å². The van der Waals surface area contributed by atoms with E-state index in [-0.39, 0.29) is 0 Å². The van der Waals surface area contributed by atoms with Crippen LogP contribution in [0.3, 0.4) is 0 Å². The fourth-order valence-electron chi connectivity index (χ4n) is 1.86. The van der Waals surface area contributed by atoms with Gasteiger partial charge < -0.3 is 10.1 Å². The minimum Gasteiger partial charge on any atom is -0.379 e. The molecule has 1 atom stereocenters. The molecule has 1 heterocycles. The number of aliphatic imine (C=N–C) groups is 1. The number of nitrogens with two attached hydrogens (primary N) is 1. The lowest BCUT2D eigenvalue weighted by Gasteiger charge is -2.29. The molecule has 0 bridgehead atoms. The van der Waals surface area contributed by atoms with Crippen molar-refractivity contribution in [1.82, 2.24) is 15.6 Å². The Kier molecular flexibility index (Phi) is 7.00. The number of hydrogen-bond donors (Lipinski definition) is 3. The molecule has 1 aliphatic heterocycles. The highest BCUT2D eigenvalue weighted by Crippen LogP contribution is 1.98. The largest absolute Gasteiger partial charge is 0.379 e. The summed E-state index contributed by atoms with van der Waals surface area (Å²) in [6.07, 6.45) is 0. The van der Waals surface area contributed by atoms with Crippen LogP contribution in [-0.2, 0) is 4.74 Å². The number of hydrogen-bond acceptors (Lipinski definition) is 4. The molecule has 1 rings (SSSR count). The predicted molar refractivity (Wildman–Crippen MR) is 74.3 cm³/mol. The molecule has 1 aliphatic rings. The van der Waals surface area contributed by atoms with Crippen molar-refractivity contribution in [2.75, 3.05) is 39.4 Å². The van der Waals surface area contributed by atoms with Gasteiger partial charge in [-0.2, -0.15) is 0 Å². The molecule has 0 aromatic heterocycles. The summed E-state index contributed by atoms with van der Waals surface area (Å²) >= 11 is 0. The van der Waals surface area contributed by atoms with Crippen LogP contribution in [0, 0.1) is 5.92 Å². The Morgan fingerprint density at radius 2 is 2.00 bits per heavy atom. The van der Waals surface area contributed by atoms with Crippen molar-refractivity contribution in [2.45, 2.75) is 26.8 Å². The third-order valence-electron chi connectivity index (χ3n) is 2.77. The second kappa shape index (κ2) is 8.29. The lowest BCUT2D eigenvalue weighted by atomic mass is 10.2. The summed E-state index contributed by atoms with van der Waals surface area (Å²) in [6, 6.07) is 0.310. The van der Waals surface area contributed by atoms with E-state index in [1.54, 1.807) is 0 Å². The third kappa shape index (κ3) is 6.18. The Morgan fingerprint density at radius 3 is 2.56 bits per heavy atom. The van der Waals surface area contributed by atoms with Crippen LogP contribution in [0.4, 0.5) is 0 Å². The second-order valence-electron chi connectivity index (χ2n) is 5.19. The molecule has 6 heteroatoms. The third-order valence-corrected chi connectivity index (χ3v) is 2.77. The number of guanidine groups is 1. The Balaban J connectivity index is 2.31. The molecule has 106 valence electrons. The summed E-state index contributed by atoms with van der Waals surface area (Å²) in [5.74, 6) is 6.67. The lowest BCUT2D eigenvalue weighted by Crippen LogP contribution is -2.50. The highest BCUT2D eigenvalue weighted by atomic mass is 16.5. The molecule has 4 N–H and O–H groups in total. The number of morpholine rings is 1. The van der Waals surface area contributed by atoms with E-state index in [9.17, 15) is 0 Å². The van der Waals surface area contributed by atoms with Gasteiger partial charge in [0, 0.05) is 32.2 Å². The van der Waals surface area contributed by atoms with Crippen LogP contribution in [0.25, 0.3) is 0 Å². The zero-order valence-electron chi connectivity index (χ0n) is 11.8. The first-order valence-electron chi connectivity index (χ1n) is 6.69. The van der Waals surface area contributed by atoms with Crippen LogP contribution in [-0.4, -0.2) is 56.3 Å². The van der Waals surface area contributed by atoms with E-state index >= 15 is 0 Å². The summed E-state index contributed by atoms with van der Waals surface area (Å²) < 4.78 is 5.33. The molecule has 0 amide bonds. The average Bonchev–Trinajstić information content (AvgIpc) is 2.35. The minimum atomic E-state index is 0.310.